The van der Waals surface area contributed by atoms with Gasteiger partial charge in [-0.05, 0) is 30.3 Å². The molecule has 22 heavy (non-hydrogen) atoms. The molecule has 0 amide bonds. The predicted octanol–water partition coefficient (Wildman–Crippen LogP) is 4.31. The zero-order valence-corrected chi connectivity index (χ0v) is 13.4. The van der Waals surface area contributed by atoms with Crippen molar-refractivity contribution in [2.45, 2.75) is 4.90 Å². The average molecular weight is 354 g/mol. The number of hydrogen-bond acceptors (Lipinski definition) is 4. The first kappa shape index (κ1) is 15.1. The van der Waals surface area contributed by atoms with E-state index in [1.807, 2.05) is 12.1 Å². The summed E-state index contributed by atoms with van der Waals surface area (Å²) in [7, 11) is -4.06. The van der Waals surface area contributed by atoms with Crippen LogP contribution in [0.15, 0.2) is 59.6 Å². The molecule has 7 heteroatoms. The van der Waals surface area contributed by atoms with E-state index >= 15 is 0 Å². The van der Waals surface area contributed by atoms with Gasteiger partial charge in [-0.25, -0.2) is 0 Å². The van der Waals surface area contributed by atoms with Crippen molar-refractivity contribution >= 4 is 44.2 Å². The number of hydrogen-bond donors (Lipinski definition) is 0. The van der Waals surface area contributed by atoms with Crippen LogP contribution in [-0.2, 0) is 10.1 Å². The Morgan fingerprint density at radius 3 is 2.36 bits per heavy atom. The summed E-state index contributed by atoms with van der Waals surface area (Å²) in [6.45, 7) is 0. The lowest BCUT2D eigenvalue weighted by Gasteiger charge is -2.09. The Morgan fingerprint density at radius 1 is 0.955 bits per heavy atom. The molecule has 0 atom stereocenters. The first-order valence-electron chi connectivity index (χ1n) is 6.20. The van der Waals surface area contributed by atoms with E-state index in [0.29, 0.717) is 5.52 Å². The maximum Gasteiger partial charge on any atom is 0.339 e. The lowest BCUT2D eigenvalue weighted by atomic mass is 10.2. The molecule has 0 aliphatic heterocycles. The molecule has 0 fully saturated rings. The Bertz CT molecular complexity index is 932. The highest BCUT2D eigenvalue weighted by Gasteiger charge is 2.19. The van der Waals surface area contributed by atoms with Gasteiger partial charge < -0.3 is 4.18 Å². The maximum absolute atomic E-state index is 12.4. The number of halogens is 2. The fraction of sp³-hybridized carbons (Fsp3) is 0. The van der Waals surface area contributed by atoms with Gasteiger partial charge >= 0.3 is 10.1 Å². The molecule has 0 radical (unpaired) electrons. The summed E-state index contributed by atoms with van der Waals surface area (Å²) in [5, 5.41) is 1.20. The van der Waals surface area contributed by atoms with Crippen molar-refractivity contribution in [1.29, 1.82) is 0 Å². The van der Waals surface area contributed by atoms with Crippen molar-refractivity contribution in [1.82, 2.24) is 4.98 Å². The lowest BCUT2D eigenvalue weighted by Crippen LogP contribution is -2.10. The van der Waals surface area contributed by atoms with Crippen molar-refractivity contribution in [3.05, 3.63) is 64.8 Å². The Labute approximate surface area is 137 Å². The van der Waals surface area contributed by atoms with Crippen LogP contribution in [0.3, 0.4) is 0 Å². The van der Waals surface area contributed by atoms with Gasteiger partial charge in [0.05, 0.1) is 0 Å². The molecule has 1 aromatic heterocycles. The summed E-state index contributed by atoms with van der Waals surface area (Å²) >= 11 is 11.7. The number of aromatic nitrogens is 1. The smallest absolute Gasteiger partial charge is 0.339 e. The molecule has 0 saturated carbocycles. The molecule has 4 nitrogen and oxygen atoms in total. The molecule has 3 rings (SSSR count). The number of benzene rings is 2. The Balaban J connectivity index is 2.07. The molecule has 112 valence electrons. The van der Waals surface area contributed by atoms with Crippen LogP contribution in [0.5, 0.6) is 5.75 Å². The highest BCUT2D eigenvalue weighted by atomic mass is 35.5. The number of rotatable bonds is 3. The van der Waals surface area contributed by atoms with Gasteiger partial charge in [0, 0.05) is 21.6 Å². The summed E-state index contributed by atoms with van der Waals surface area (Å²) in [5.41, 5.74) is 0.460. The molecular weight excluding hydrogens is 345 g/mol. The van der Waals surface area contributed by atoms with Gasteiger partial charge in [-0.1, -0.05) is 41.4 Å². The van der Waals surface area contributed by atoms with Crippen LogP contribution in [0, 0.1) is 0 Å². The molecule has 1 heterocycles. The van der Waals surface area contributed by atoms with Gasteiger partial charge in [-0.15, -0.1) is 0 Å². The Hall–Kier alpha value is -1.82. The SMILES string of the molecule is O=S(=O)(Oc1cccc2cccnc12)c1cc(Cl)cc(Cl)c1. The number of pyridine rings is 1. The van der Waals surface area contributed by atoms with Crippen molar-refractivity contribution in [2.24, 2.45) is 0 Å². The highest BCUT2D eigenvalue weighted by molar-refractivity contribution is 7.87. The fourth-order valence-electron chi connectivity index (χ4n) is 1.98. The molecule has 2 aromatic carbocycles. The molecule has 0 saturated heterocycles. The van der Waals surface area contributed by atoms with E-state index in [9.17, 15) is 8.42 Å². The van der Waals surface area contributed by atoms with Gasteiger partial charge in [-0.2, -0.15) is 8.42 Å². The summed E-state index contributed by atoms with van der Waals surface area (Å²) in [5.74, 6) is 0.147. The second-order valence-electron chi connectivity index (χ2n) is 4.47. The average Bonchev–Trinajstić information content (AvgIpc) is 2.46. The minimum atomic E-state index is -4.06. The van der Waals surface area contributed by atoms with Crippen LogP contribution < -0.4 is 4.18 Å². The minimum absolute atomic E-state index is 0.113. The largest absolute Gasteiger partial charge is 0.377 e. The third-order valence-corrected chi connectivity index (χ3v) is 4.57. The minimum Gasteiger partial charge on any atom is -0.377 e. The van der Waals surface area contributed by atoms with Crippen LogP contribution in [-0.4, -0.2) is 13.4 Å². The van der Waals surface area contributed by atoms with E-state index in [0.717, 1.165) is 5.39 Å². The molecule has 3 aromatic rings. The van der Waals surface area contributed by atoms with E-state index in [4.69, 9.17) is 27.4 Å². The van der Waals surface area contributed by atoms with Crippen molar-refractivity contribution in [2.75, 3.05) is 0 Å². The fourth-order valence-corrected chi connectivity index (χ4v) is 3.65. The molecule has 0 aliphatic rings. The highest BCUT2D eigenvalue weighted by Crippen LogP contribution is 2.28. The van der Waals surface area contributed by atoms with E-state index in [1.54, 1.807) is 24.4 Å². The van der Waals surface area contributed by atoms with Crippen molar-refractivity contribution in [3.63, 3.8) is 0 Å². The van der Waals surface area contributed by atoms with Gasteiger partial charge in [-0.3, -0.25) is 4.98 Å². The van der Waals surface area contributed by atoms with E-state index in [-0.39, 0.29) is 20.7 Å². The zero-order chi connectivity index (χ0) is 15.7. The summed E-state index contributed by atoms with van der Waals surface area (Å²) in [6.07, 6.45) is 1.57. The van der Waals surface area contributed by atoms with Crippen molar-refractivity contribution < 1.29 is 12.6 Å². The number of para-hydroxylation sites is 1. The van der Waals surface area contributed by atoms with Gasteiger partial charge in [0.25, 0.3) is 0 Å². The van der Waals surface area contributed by atoms with Crippen LogP contribution in [0.1, 0.15) is 0 Å². The summed E-state index contributed by atoms with van der Waals surface area (Å²) in [4.78, 5) is 4.04. The second-order valence-corrected chi connectivity index (χ2v) is 6.89. The topological polar surface area (TPSA) is 56.3 Å². The predicted molar refractivity (Wildman–Crippen MR) is 86.0 cm³/mol. The van der Waals surface area contributed by atoms with E-state index in [1.165, 1.54) is 18.2 Å². The second kappa shape index (κ2) is 5.76. The first-order valence-corrected chi connectivity index (χ1v) is 8.36. The van der Waals surface area contributed by atoms with Crippen LogP contribution in [0.2, 0.25) is 10.0 Å². The molecule has 0 N–H and O–H groups in total. The Kier molecular flexibility index (Phi) is 3.95. The van der Waals surface area contributed by atoms with Crippen molar-refractivity contribution in [3.8, 4) is 5.75 Å². The van der Waals surface area contributed by atoms with E-state index in [2.05, 4.69) is 4.98 Å². The van der Waals surface area contributed by atoms with Crippen LogP contribution >= 0.6 is 23.2 Å². The standard InChI is InChI=1S/C15H9Cl2NO3S/c16-11-7-12(17)9-13(8-11)22(19,20)21-14-5-1-3-10-4-2-6-18-15(10)14/h1-9H. The van der Waals surface area contributed by atoms with Gasteiger partial charge in [0.1, 0.15) is 10.4 Å². The van der Waals surface area contributed by atoms with Crippen LogP contribution in [0.4, 0.5) is 0 Å². The Morgan fingerprint density at radius 2 is 1.64 bits per heavy atom. The third-order valence-electron chi connectivity index (χ3n) is 2.92. The number of fused-ring (bicyclic) bond motifs is 1. The van der Waals surface area contributed by atoms with Gasteiger partial charge in [0.15, 0.2) is 5.75 Å². The van der Waals surface area contributed by atoms with E-state index < -0.39 is 10.1 Å². The molecule has 0 aliphatic carbocycles. The summed E-state index contributed by atoms with van der Waals surface area (Å²) in [6, 6.07) is 12.6. The maximum atomic E-state index is 12.4. The van der Waals surface area contributed by atoms with Crippen LogP contribution in [0.25, 0.3) is 10.9 Å². The normalized spacial score (nSPS) is 11.5. The molecule has 0 spiro atoms. The van der Waals surface area contributed by atoms with Gasteiger partial charge in [0.2, 0.25) is 0 Å². The molecular formula is C15H9Cl2NO3S. The lowest BCUT2D eigenvalue weighted by molar-refractivity contribution is 0.488. The third kappa shape index (κ3) is 3.02. The summed E-state index contributed by atoms with van der Waals surface area (Å²) < 4.78 is 30.0. The molecule has 0 unspecified atom stereocenters. The quantitative estimate of drug-likeness (QED) is 0.658. The monoisotopic (exact) mass is 353 g/mol. The zero-order valence-electron chi connectivity index (χ0n) is 11.0. The molecule has 0 bridgehead atoms. The number of nitrogens with zero attached hydrogens (tertiary/aromatic N) is 1. The first-order chi connectivity index (χ1) is 10.5.